The van der Waals surface area contributed by atoms with Gasteiger partial charge < -0.3 is 5.73 Å². The van der Waals surface area contributed by atoms with E-state index in [9.17, 15) is 0 Å². The highest BCUT2D eigenvalue weighted by molar-refractivity contribution is 5.63. The minimum Gasteiger partial charge on any atom is -0.325 e. The van der Waals surface area contributed by atoms with Gasteiger partial charge in [0.15, 0.2) is 0 Å². The summed E-state index contributed by atoms with van der Waals surface area (Å²) in [6.45, 7) is 7.66. The van der Waals surface area contributed by atoms with E-state index in [1.165, 1.54) is 11.1 Å². The lowest BCUT2D eigenvalue weighted by molar-refractivity contribution is 0.584. The maximum Gasteiger partial charge on any atom is 0.104 e. The number of nitrogens with zero attached hydrogens (tertiary/aromatic N) is 3. The van der Waals surface area contributed by atoms with Gasteiger partial charge in [0.25, 0.3) is 0 Å². The van der Waals surface area contributed by atoms with Crippen molar-refractivity contribution in [1.82, 2.24) is 15.0 Å². The van der Waals surface area contributed by atoms with Crippen molar-refractivity contribution in [3.05, 3.63) is 35.0 Å². The fraction of sp³-hybridized carbons (Fsp3) is 0.429. The molecule has 2 aromatic rings. The van der Waals surface area contributed by atoms with Crippen molar-refractivity contribution in [3.63, 3.8) is 0 Å². The summed E-state index contributed by atoms with van der Waals surface area (Å²) in [4.78, 5) is 0. The van der Waals surface area contributed by atoms with Gasteiger partial charge in [-0.15, -0.1) is 5.10 Å². The lowest BCUT2D eigenvalue weighted by atomic mass is 10.0. The molecule has 1 aromatic carbocycles. The first-order valence-corrected chi connectivity index (χ1v) is 6.37. The van der Waals surface area contributed by atoms with Crippen LogP contribution in [0.25, 0.3) is 11.3 Å². The van der Waals surface area contributed by atoms with E-state index in [1.807, 2.05) is 4.68 Å². The van der Waals surface area contributed by atoms with Gasteiger partial charge >= 0.3 is 0 Å². The van der Waals surface area contributed by atoms with Gasteiger partial charge in [-0.2, -0.15) is 0 Å². The van der Waals surface area contributed by atoms with Crippen LogP contribution in [0.15, 0.2) is 18.2 Å². The van der Waals surface area contributed by atoms with Crippen LogP contribution >= 0.6 is 0 Å². The second-order valence-electron chi connectivity index (χ2n) is 4.61. The Kier molecular flexibility index (Phi) is 3.77. The molecule has 18 heavy (non-hydrogen) atoms. The highest BCUT2D eigenvalue weighted by Crippen LogP contribution is 2.24. The van der Waals surface area contributed by atoms with Crippen LogP contribution in [0.5, 0.6) is 0 Å². The molecular weight excluding hydrogens is 224 g/mol. The Morgan fingerprint density at radius 2 is 2.00 bits per heavy atom. The van der Waals surface area contributed by atoms with Crippen molar-refractivity contribution in [2.24, 2.45) is 5.73 Å². The summed E-state index contributed by atoms with van der Waals surface area (Å²) in [7, 11) is 0. The molecule has 2 N–H and O–H groups in total. The summed E-state index contributed by atoms with van der Waals surface area (Å²) in [5, 5.41) is 8.36. The number of rotatable bonds is 4. The lowest BCUT2D eigenvalue weighted by Gasteiger charge is -2.09. The van der Waals surface area contributed by atoms with E-state index in [4.69, 9.17) is 5.73 Å². The van der Waals surface area contributed by atoms with Gasteiger partial charge in [-0.3, -0.25) is 0 Å². The number of hydrogen-bond acceptors (Lipinski definition) is 3. The SMILES string of the molecule is CCCn1nnc(CN)c1-c1ccc(C)c(C)c1. The topological polar surface area (TPSA) is 56.7 Å². The molecule has 0 amide bonds. The third kappa shape index (κ3) is 2.29. The molecule has 0 bridgehead atoms. The molecule has 0 fully saturated rings. The average Bonchev–Trinajstić information content (AvgIpc) is 2.76. The first kappa shape index (κ1) is 12.8. The van der Waals surface area contributed by atoms with E-state index in [1.54, 1.807) is 0 Å². The number of aromatic nitrogens is 3. The van der Waals surface area contributed by atoms with Crippen LogP contribution in [-0.4, -0.2) is 15.0 Å². The van der Waals surface area contributed by atoms with Crippen LogP contribution in [0.2, 0.25) is 0 Å². The Morgan fingerprint density at radius 3 is 2.61 bits per heavy atom. The molecular formula is C14H20N4. The Labute approximate surface area is 108 Å². The van der Waals surface area contributed by atoms with Crippen molar-refractivity contribution >= 4 is 0 Å². The normalized spacial score (nSPS) is 10.9. The summed E-state index contributed by atoms with van der Waals surface area (Å²) in [6.07, 6.45) is 1.03. The zero-order valence-corrected chi connectivity index (χ0v) is 11.3. The average molecular weight is 244 g/mol. The van der Waals surface area contributed by atoms with Gasteiger partial charge in [-0.05, 0) is 37.5 Å². The molecule has 1 heterocycles. The second kappa shape index (κ2) is 5.31. The molecule has 0 saturated carbocycles. The van der Waals surface area contributed by atoms with Crippen molar-refractivity contribution in [2.45, 2.75) is 40.3 Å². The van der Waals surface area contributed by atoms with E-state index in [2.05, 4.69) is 49.3 Å². The molecule has 0 aliphatic carbocycles. The minimum absolute atomic E-state index is 0.423. The number of aryl methyl sites for hydroxylation is 3. The van der Waals surface area contributed by atoms with Crippen molar-refractivity contribution < 1.29 is 0 Å². The van der Waals surface area contributed by atoms with E-state index in [-0.39, 0.29) is 0 Å². The number of nitrogens with two attached hydrogens (primary N) is 1. The second-order valence-corrected chi connectivity index (χ2v) is 4.61. The summed E-state index contributed by atoms with van der Waals surface area (Å²) in [5.74, 6) is 0. The molecule has 0 radical (unpaired) electrons. The molecule has 0 atom stereocenters. The first-order valence-electron chi connectivity index (χ1n) is 6.37. The monoisotopic (exact) mass is 244 g/mol. The Hall–Kier alpha value is -1.68. The van der Waals surface area contributed by atoms with E-state index in [0.29, 0.717) is 6.54 Å². The first-order chi connectivity index (χ1) is 8.67. The number of benzene rings is 1. The standard InChI is InChI=1S/C14H20N4/c1-4-7-18-14(13(9-15)16-17-18)12-6-5-10(2)11(3)8-12/h5-6,8H,4,7,9,15H2,1-3H3. The molecule has 0 aliphatic rings. The van der Waals surface area contributed by atoms with Crippen LogP contribution in [0.1, 0.15) is 30.2 Å². The summed E-state index contributed by atoms with van der Waals surface area (Å²) < 4.78 is 1.95. The van der Waals surface area contributed by atoms with Gasteiger partial charge in [-0.25, -0.2) is 4.68 Å². The number of hydrogen-bond donors (Lipinski definition) is 1. The Balaban J connectivity index is 2.53. The maximum atomic E-state index is 5.75. The van der Waals surface area contributed by atoms with Gasteiger partial charge in [0.05, 0.1) is 5.69 Å². The van der Waals surface area contributed by atoms with Gasteiger partial charge in [-0.1, -0.05) is 24.3 Å². The molecule has 0 saturated heterocycles. The van der Waals surface area contributed by atoms with Gasteiger partial charge in [0.2, 0.25) is 0 Å². The maximum absolute atomic E-state index is 5.75. The molecule has 0 unspecified atom stereocenters. The minimum atomic E-state index is 0.423. The summed E-state index contributed by atoms with van der Waals surface area (Å²) in [5.41, 5.74) is 11.4. The summed E-state index contributed by atoms with van der Waals surface area (Å²) >= 11 is 0. The largest absolute Gasteiger partial charge is 0.325 e. The third-order valence-electron chi connectivity index (χ3n) is 3.21. The van der Waals surface area contributed by atoms with E-state index < -0.39 is 0 Å². The zero-order valence-electron chi connectivity index (χ0n) is 11.3. The lowest BCUT2D eigenvalue weighted by Crippen LogP contribution is -2.04. The molecule has 0 spiro atoms. The Morgan fingerprint density at radius 1 is 1.22 bits per heavy atom. The predicted octanol–water partition coefficient (Wildman–Crippen LogP) is 2.43. The molecule has 4 nitrogen and oxygen atoms in total. The van der Waals surface area contributed by atoms with Gasteiger partial charge in [0, 0.05) is 18.7 Å². The molecule has 1 aromatic heterocycles. The quantitative estimate of drug-likeness (QED) is 0.898. The van der Waals surface area contributed by atoms with E-state index >= 15 is 0 Å². The highest BCUT2D eigenvalue weighted by atomic mass is 15.4. The van der Waals surface area contributed by atoms with Gasteiger partial charge in [0.1, 0.15) is 5.69 Å². The van der Waals surface area contributed by atoms with Crippen molar-refractivity contribution in [3.8, 4) is 11.3 Å². The highest BCUT2D eigenvalue weighted by Gasteiger charge is 2.13. The fourth-order valence-electron chi connectivity index (χ4n) is 2.06. The summed E-state index contributed by atoms with van der Waals surface area (Å²) in [6, 6.07) is 6.43. The predicted molar refractivity (Wildman–Crippen MR) is 73.1 cm³/mol. The van der Waals surface area contributed by atoms with Crippen LogP contribution < -0.4 is 5.73 Å². The van der Waals surface area contributed by atoms with Crippen molar-refractivity contribution in [1.29, 1.82) is 0 Å². The van der Waals surface area contributed by atoms with Crippen LogP contribution in [-0.2, 0) is 13.1 Å². The third-order valence-corrected chi connectivity index (χ3v) is 3.21. The van der Waals surface area contributed by atoms with Crippen LogP contribution in [0, 0.1) is 13.8 Å². The zero-order chi connectivity index (χ0) is 13.1. The van der Waals surface area contributed by atoms with Crippen LogP contribution in [0.3, 0.4) is 0 Å². The smallest absolute Gasteiger partial charge is 0.104 e. The molecule has 2 rings (SSSR count). The van der Waals surface area contributed by atoms with Crippen LogP contribution in [0.4, 0.5) is 0 Å². The molecule has 0 aliphatic heterocycles. The molecule has 96 valence electrons. The molecule has 4 heteroatoms. The fourth-order valence-corrected chi connectivity index (χ4v) is 2.06. The van der Waals surface area contributed by atoms with E-state index in [0.717, 1.165) is 29.9 Å². The van der Waals surface area contributed by atoms with Crippen molar-refractivity contribution in [2.75, 3.05) is 0 Å². The Bertz CT molecular complexity index is 543.